The van der Waals surface area contributed by atoms with Crippen molar-refractivity contribution < 1.29 is 14.2 Å². The second-order valence-corrected chi connectivity index (χ2v) is 6.37. The van der Waals surface area contributed by atoms with Gasteiger partial charge in [0.05, 0.1) is 18.8 Å². The van der Waals surface area contributed by atoms with Crippen LogP contribution in [0.1, 0.15) is 15.9 Å². The van der Waals surface area contributed by atoms with Crippen molar-refractivity contribution in [3.05, 3.63) is 53.6 Å². The molecule has 1 fully saturated rings. The summed E-state index contributed by atoms with van der Waals surface area (Å²) in [7, 11) is 1.81. The van der Waals surface area contributed by atoms with E-state index in [0.29, 0.717) is 36.4 Å². The van der Waals surface area contributed by atoms with E-state index in [1.807, 2.05) is 49.5 Å². The number of benzene rings is 2. The molecule has 26 heavy (non-hydrogen) atoms. The van der Waals surface area contributed by atoms with Crippen molar-refractivity contribution in [2.45, 2.75) is 6.54 Å². The zero-order valence-corrected chi connectivity index (χ0v) is 14.6. The van der Waals surface area contributed by atoms with Crippen LogP contribution in [0.5, 0.6) is 0 Å². The molecule has 1 saturated heterocycles. The fourth-order valence-corrected chi connectivity index (χ4v) is 3.21. The van der Waals surface area contributed by atoms with Crippen molar-refractivity contribution in [3.8, 4) is 0 Å². The van der Waals surface area contributed by atoms with E-state index >= 15 is 0 Å². The summed E-state index contributed by atoms with van der Waals surface area (Å²) in [5.74, 6) is -0.00883. The van der Waals surface area contributed by atoms with E-state index in [1.54, 1.807) is 4.90 Å². The monoisotopic (exact) mass is 352 g/mol. The van der Waals surface area contributed by atoms with E-state index in [2.05, 4.69) is 15.2 Å². The third-order valence-electron chi connectivity index (χ3n) is 4.57. The third-order valence-corrected chi connectivity index (χ3v) is 4.57. The second-order valence-electron chi connectivity index (χ2n) is 6.37. The molecule has 7 nitrogen and oxygen atoms in total. The number of fused-ring (bicyclic) bond motifs is 1. The van der Waals surface area contributed by atoms with Gasteiger partial charge in [0, 0.05) is 32.4 Å². The van der Waals surface area contributed by atoms with E-state index in [0.717, 1.165) is 24.3 Å². The van der Waals surface area contributed by atoms with Crippen LogP contribution in [0, 0.1) is 0 Å². The fraction of sp³-hybridized carbons (Fsp3) is 0.316. The van der Waals surface area contributed by atoms with Gasteiger partial charge in [0.25, 0.3) is 5.91 Å². The highest BCUT2D eigenvalue weighted by Gasteiger charge is 2.21. The fourth-order valence-electron chi connectivity index (χ4n) is 3.21. The summed E-state index contributed by atoms with van der Waals surface area (Å²) >= 11 is 0. The van der Waals surface area contributed by atoms with Crippen molar-refractivity contribution in [2.24, 2.45) is 0 Å². The number of rotatable bonds is 4. The second kappa shape index (κ2) is 7.13. The number of ether oxygens (including phenoxy) is 1. The summed E-state index contributed by atoms with van der Waals surface area (Å²) < 4.78 is 10.1. The van der Waals surface area contributed by atoms with E-state index in [1.165, 1.54) is 0 Å². The quantitative estimate of drug-likeness (QED) is 0.718. The molecule has 0 saturated carbocycles. The molecule has 0 N–H and O–H groups in total. The maximum absolute atomic E-state index is 13.0. The zero-order chi connectivity index (χ0) is 17.9. The topological polar surface area (TPSA) is 71.7 Å². The molecule has 134 valence electrons. The summed E-state index contributed by atoms with van der Waals surface area (Å²) in [4.78, 5) is 17.0. The van der Waals surface area contributed by atoms with Crippen LogP contribution in [0.25, 0.3) is 11.0 Å². The number of anilines is 1. The lowest BCUT2D eigenvalue weighted by atomic mass is 10.1. The summed E-state index contributed by atoms with van der Waals surface area (Å²) in [5, 5.41) is 7.66. The van der Waals surface area contributed by atoms with Gasteiger partial charge in [-0.25, -0.2) is 4.63 Å². The summed E-state index contributed by atoms with van der Waals surface area (Å²) in [6.45, 7) is 3.45. The van der Waals surface area contributed by atoms with Crippen LogP contribution in [0.3, 0.4) is 0 Å². The summed E-state index contributed by atoms with van der Waals surface area (Å²) in [6, 6.07) is 13.4. The Kier molecular flexibility index (Phi) is 4.53. The van der Waals surface area contributed by atoms with Crippen LogP contribution in [-0.4, -0.2) is 54.5 Å². The first-order valence-electron chi connectivity index (χ1n) is 8.61. The molecular formula is C19H20N4O3. The molecule has 3 aromatic rings. The van der Waals surface area contributed by atoms with Gasteiger partial charge in [0.15, 0.2) is 0 Å². The molecule has 2 aromatic carbocycles. The van der Waals surface area contributed by atoms with Crippen molar-refractivity contribution in [3.63, 3.8) is 0 Å². The molecule has 0 spiro atoms. The van der Waals surface area contributed by atoms with Crippen molar-refractivity contribution in [2.75, 3.05) is 38.3 Å². The standard InChI is InChI=1S/C19H20N4O3/c1-22(13-14-6-7-16-17(12-14)21-26-20-16)19(24)15-4-2-3-5-18(15)23-8-10-25-11-9-23/h2-7,12H,8-11,13H2,1H3. The van der Waals surface area contributed by atoms with Crippen LogP contribution >= 0.6 is 0 Å². The number of hydrogen-bond donors (Lipinski definition) is 0. The van der Waals surface area contributed by atoms with Gasteiger partial charge >= 0.3 is 0 Å². The van der Waals surface area contributed by atoms with Gasteiger partial charge in [-0.2, -0.15) is 0 Å². The lowest BCUT2D eigenvalue weighted by Gasteiger charge is -2.31. The van der Waals surface area contributed by atoms with Crippen molar-refractivity contribution in [1.82, 2.24) is 15.2 Å². The van der Waals surface area contributed by atoms with Gasteiger partial charge in [-0.05, 0) is 40.1 Å². The Hall–Kier alpha value is -2.93. The Labute approximate surface area is 151 Å². The smallest absolute Gasteiger partial charge is 0.256 e. The first-order valence-corrected chi connectivity index (χ1v) is 8.61. The minimum atomic E-state index is -0.00883. The Morgan fingerprint density at radius 1 is 1.12 bits per heavy atom. The molecule has 0 atom stereocenters. The zero-order valence-electron chi connectivity index (χ0n) is 14.6. The van der Waals surface area contributed by atoms with E-state index in [4.69, 9.17) is 9.37 Å². The number of para-hydroxylation sites is 1. The van der Waals surface area contributed by atoms with E-state index in [-0.39, 0.29) is 5.91 Å². The number of morpholine rings is 1. The molecule has 4 rings (SSSR count). The van der Waals surface area contributed by atoms with Gasteiger partial charge in [-0.3, -0.25) is 4.79 Å². The van der Waals surface area contributed by atoms with Gasteiger partial charge < -0.3 is 14.5 Å². The van der Waals surface area contributed by atoms with Crippen molar-refractivity contribution in [1.29, 1.82) is 0 Å². The predicted octanol–water partition coefficient (Wildman–Crippen LogP) is 2.33. The first-order chi connectivity index (χ1) is 12.7. The SMILES string of the molecule is CN(Cc1ccc2nonc2c1)C(=O)c1ccccc1N1CCOCC1. The van der Waals surface area contributed by atoms with Gasteiger partial charge in [-0.1, -0.05) is 18.2 Å². The minimum Gasteiger partial charge on any atom is -0.378 e. The van der Waals surface area contributed by atoms with E-state index < -0.39 is 0 Å². The van der Waals surface area contributed by atoms with Gasteiger partial charge in [-0.15, -0.1) is 0 Å². The average Bonchev–Trinajstić information content (AvgIpc) is 3.16. The maximum Gasteiger partial charge on any atom is 0.256 e. The molecule has 1 aromatic heterocycles. The Bertz CT molecular complexity index is 918. The van der Waals surface area contributed by atoms with Gasteiger partial charge in [0.1, 0.15) is 11.0 Å². The van der Waals surface area contributed by atoms with Gasteiger partial charge in [0.2, 0.25) is 0 Å². The molecule has 0 unspecified atom stereocenters. The normalized spacial score (nSPS) is 14.6. The largest absolute Gasteiger partial charge is 0.378 e. The highest BCUT2D eigenvalue weighted by Crippen LogP contribution is 2.23. The number of amides is 1. The first kappa shape index (κ1) is 16.5. The number of hydrogen-bond acceptors (Lipinski definition) is 6. The summed E-state index contributed by atoms with van der Waals surface area (Å²) in [5.41, 5.74) is 4.05. The highest BCUT2D eigenvalue weighted by molar-refractivity contribution is 5.99. The molecule has 2 heterocycles. The number of carbonyl (C=O) groups is 1. The van der Waals surface area contributed by atoms with Crippen LogP contribution in [0.4, 0.5) is 5.69 Å². The van der Waals surface area contributed by atoms with Crippen molar-refractivity contribution >= 4 is 22.6 Å². The Morgan fingerprint density at radius 3 is 2.73 bits per heavy atom. The predicted molar refractivity (Wildman–Crippen MR) is 97.1 cm³/mol. The van der Waals surface area contributed by atoms with Crippen LogP contribution < -0.4 is 4.90 Å². The molecule has 1 aliphatic heterocycles. The van der Waals surface area contributed by atoms with E-state index in [9.17, 15) is 4.79 Å². The molecule has 1 amide bonds. The summed E-state index contributed by atoms with van der Waals surface area (Å²) in [6.07, 6.45) is 0. The number of carbonyl (C=O) groups excluding carboxylic acids is 1. The third kappa shape index (κ3) is 3.25. The Morgan fingerprint density at radius 2 is 1.88 bits per heavy atom. The molecule has 0 radical (unpaired) electrons. The molecular weight excluding hydrogens is 332 g/mol. The average molecular weight is 352 g/mol. The Balaban J connectivity index is 1.54. The lowest BCUT2D eigenvalue weighted by molar-refractivity contribution is 0.0784. The molecule has 7 heteroatoms. The number of nitrogens with zero attached hydrogens (tertiary/aromatic N) is 4. The van der Waals surface area contributed by atoms with Crippen LogP contribution in [-0.2, 0) is 11.3 Å². The number of aromatic nitrogens is 2. The van der Waals surface area contributed by atoms with Crippen LogP contribution in [0.15, 0.2) is 47.1 Å². The highest BCUT2D eigenvalue weighted by atomic mass is 16.6. The van der Waals surface area contributed by atoms with Crippen LogP contribution in [0.2, 0.25) is 0 Å². The maximum atomic E-state index is 13.0. The molecule has 1 aliphatic rings. The minimum absolute atomic E-state index is 0.00883. The lowest BCUT2D eigenvalue weighted by Crippen LogP contribution is -2.38. The molecule has 0 aliphatic carbocycles. The molecule has 0 bridgehead atoms.